The van der Waals surface area contributed by atoms with Crippen LogP contribution in [0.5, 0.6) is 11.5 Å². The number of benzene rings is 2. The molecule has 0 aromatic heterocycles. The number of fused-ring (bicyclic) bond motifs is 5. The van der Waals surface area contributed by atoms with Gasteiger partial charge in [-0.05, 0) is 29.2 Å². The van der Waals surface area contributed by atoms with Gasteiger partial charge in [-0.15, -0.1) is 0 Å². The molecule has 1 aliphatic heterocycles. The molecular weight excluding hydrogens is 212 g/mol. The number of hydrogen-bond donors (Lipinski definition) is 0. The zero-order valence-corrected chi connectivity index (χ0v) is 9.40. The third-order valence-electron chi connectivity index (χ3n) is 3.46. The van der Waals surface area contributed by atoms with Crippen molar-refractivity contribution in [3.8, 4) is 22.6 Å². The van der Waals surface area contributed by atoms with Gasteiger partial charge in [-0.2, -0.15) is 0 Å². The molecule has 2 aromatic rings. The summed E-state index contributed by atoms with van der Waals surface area (Å²) >= 11 is 0. The maximum absolute atomic E-state index is 5.80. The van der Waals surface area contributed by atoms with E-state index in [2.05, 4.69) is 30.3 Å². The molecule has 2 aromatic carbocycles. The molecule has 0 N–H and O–H groups in total. The van der Waals surface area contributed by atoms with E-state index in [-0.39, 0.29) is 0 Å². The van der Waals surface area contributed by atoms with Crippen LogP contribution in [-0.4, -0.2) is 13.2 Å². The van der Waals surface area contributed by atoms with Crippen LogP contribution in [0.15, 0.2) is 36.4 Å². The predicted octanol–water partition coefficient (Wildman–Crippen LogP) is 3.03. The fraction of sp³-hybridized carbons (Fsp3) is 0.200. The first-order chi connectivity index (χ1) is 8.43. The van der Waals surface area contributed by atoms with Gasteiger partial charge in [0.2, 0.25) is 0 Å². The Bertz CT molecular complexity index is 602. The topological polar surface area (TPSA) is 18.5 Å². The first-order valence-electron chi connectivity index (χ1n) is 5.93. The van der Waals surface area contributed by atoms with Crippen molar-refractivity contribution in [3.63, 3.8) is 0 Å². The average molecular weight is 224 g/mol. The predicted molar refractivity (Wildman–Crippen MR) is 65.7 cm³/mol. The van der Waals surface area contributed by atoms with E-state index in [1.807, 2.05) is 6.07 Å². The van der Waals surface area contributed by atoms with Crippen molar-refractivity contribution >= 4 is 0 Å². The van der Waals surface area contributed by atoms with Gasteiger partial charge in [0.25, 0.3) is 0 Å². The molecule has 0 spiro atoms. The lowest BCUT2D eigenvalue weighted by Gasteiger charge is -2.21. The Hall–Kier alpha value is -1.96. The van der Waals surface area contributed by atoms with Gasteiger partial charge in [0.1, 0.15) is 13.2 Å². The lowest BCUT2D eigenvalue weighted by molar-refractivity contribution is 0.172. The summed E-state index contributed by atoms with van der Waals surface area (Å²) in [4.78, 5) is 0. The maximum atomic E-state index is 5.80. The first kappa shape index (κ1) is 9.11. The third kappa shape index (κ3) is 1.21. The maximum Gasteiger partial charge on any atom is 0.169 e. The van der Waals surface area contributed by atoms with Gasteiger partial charge < -0.3 is 9.47 Å². The summed E-state index contributed by atoms with van der Waals surface area (Å²) < 4.78 is 11.4. The quantitative estimate of drug-likeness (QED) is 0.584. The van der Waals surface area contributed by atoms with E-state index in [0.717, 1.165) is 17.9 Å². The highest BCUT2D eigenvalue weighted by atomic mass is 16.6. The Morgan fingerprint density at radius 1 is 0.824 bits per heavy atom. The van der Waals surface area contributed by atoms with Gasteiger partial charge in [0.15, 0.2) is 11.5 Å². The zero-order chi connectivity index (χ0) is 11.2. The summed E-state index contributed by atoms with van der Waals surface area (Å²) in [5.41, 5.74) is 5.25. The van der Waals surface area contributed by atoms with Crippen molar-refractivity contribution in [3.05, 3.63) is 47.5 Å². The molecule has 0 atom stereocenters. The van der Waals surface area contributed by atoms with Crippen LogP contribution >= 0.6 is 0 Å². The highest BCUT2D eigenvalue weighted by molar-refractivity contribution is 5.84. The molecule has 2 nitrogen and oxygen atoms in total. The largest absolute Gasteiger partial charge is 0.486 e. The smallest absolute Gasteiger partial charge is 0.169 e. The number of ether oxygens (including phenoxy) is 2. The van der Waals surface area contributed by atoms with Crippen molar-refractivity contribution in [2.75, 3.05) is 13.2 Å². The fourth-order valence-corrected chi connectivity index (χ4v) is 2.72. The first-order valence-corrected chi connectivity index (χ1v) is 5.93. The van der Waals surface area contributed by atoms with E-state index >= 15 is 0 Å². The second-order valence-corrected chi connectivity index (χ2v) is 4.46. The molecule has 0 radical (unpaired) electrons. The molecule has 1 aliphatic carbocycles. The van der Waals surface area contributed by atoms with Crippen LogP contribution in [0.4, 0.5) is 0 Å². The van der Waals surface area contributed by atoms with Crippen LogP contribution in [0.3, 0.4) is 0 Å². The van der Waals surface area contributed by atoms with Crippen LogP contribution in [-0.2, 0) is 6.42 Å². The van der Waals surface area contributed by atoms with Crippen LogP contribution in [0.2, 0.25) is 0 Å². The molecule has 84 valence electrons. The number of rotatable bonds is 0. The minimum atomic E-state index is 0.644. The van der Waals surface area contributed by atoms with Gasteiger partial charge in [-0.3, -0.25) is 0 Å². The van der Waals surface area contributed by atoms with Gasteiger partial charge in [0.05, 0.1) is 0 Å². The van der Waals surface area contributed by atoms with Crippen LogP contribution < -0.4 is 9.47 Å². The summed E-state index contributed by atoms with van der Waals surface area (Å²) in [7, 11) is 0. The summed E-state index contributed by atoms with van der Waals surface area (Å²) in [6.07, 6.45) is 1.00. The lowest BCUT2D eigenvalue weighted by atomic mass is 10.0. The molecule has 2 heteroatoms. The average Bonchev–Trinajstić information content (AvgIpc) is 2.77. The monoisotopic (exact) mass is 224 g/mol. The van der Waals surface area contributed by atoms with E-state index < -0.39 is 0 Å². The normalized spacial score (nSPS) is 15.3. The molecule has 0 bridgehead atoms. The van der Waals surface area contributed by atoms with E-state index in [1.54, 1.807) is 0 Å². The minimum absolute atomic E-state index is 0.644. The van der Waals surface area contributed by atoms with E-state index in [0.29, 0.717) is 13.2 Å². The molecule has 0 saturated heterocycles. The Morgan fingerprint density at radius 3 is 2.71 bits per heavy atom. The Labute approximate surface area is 99.8 Å². The molecule has 2 aliphatic rings. The highest BCUT2D eigenvalue weighted by Gasteiger charge is 2.26. The van der Waals surface area contributed by atoms with Crippen LogP contribution in [0, 0.1) is 0 Å². The van der Waals surface area contributed by atoms with Crippen molar-refractivity contribution in [1.82, 2.24) is 0 Å². The van der Waals surface area contributed by atoms with Crippen molar-refractivity contribution in [2.24, 2.45) is 0 Å². The second kappa shape index (κ2) is 3.27. The number of hydrogen-bond acceptors (Lipinski definition) is 2. The second-order valence-electron chi connectivity index (χ2n) is 4.46. The molecule has 0 amide bonds. The fourth-order valence-electron chi connectivity index (χ4n) is 2.72. The zero-order valence-electron chi connectivity index (χ0n) is 9.40. The van der Waals surface area contributed by atoms with E-state index in [1.165, 1.54) is 22.3 Å². The molecule has 0 saturated carbocycles. The van der Waals surface area contributed by atoms with E-state index in [4.69, 9.17) is 9.47 Å². The van der Waals surface area contributed by atoms with Crippen molar-refractivity contribution in [2.45, 2.75) is 6.42 Å². The van der Waals surface area contributed by atoms with Crippen LogP contribution in [0.1, 0.15) is 11.1 Å². The Balaban J connectivity index is 2.01. The van der Waals surface area contributed by atoms with E-state index in [9.17, 15) is 0 Å². The molecule has 4 rings (SSSR count). The van der Waals surface area contributed by atoms with Crippen molar-refractivity contribution < 1.29 is 9.47 Å². The molecule has 1 heterocycles. The van der Waals surface area contributed by atoms with Crippen LogP contribution in [0.25, 0.3) is 11.1 Å². The summed E-state index contributed by atoms with van der Waals surface area (Å²) in [6, 6.07) is 12.7. The molecule has 0 fully saturated rings. The summed E-state index contributed by atoms with van der Waals surface area (Å²) in [5.74, 6) is 1.81. The molecule has 17 heavy (non-hydrogen) atoms. The molecular formula is C15H12O2. The van der Waals surface area contributed by atoms with Crippen molar-refractivity contribution in [1.29, 1.82) is 0 Å². The summed E-state index contributed by atoms with van der Waals surface area (Å²) in [5, 5.41) is 0. The third-order valence-corrected chi connectivity index (χ3v) is 3.46. The Morgan fingerprint density at radius 2 is 1.71 bits per heavy atom. The Kier molecular flexibility index (Phi) is 1.75. The van der Waals surface area contributed by atoms with Gasteiger partial charge in [-0.1, -0.05) is 30.3 Å². The summed E-state index contributed by atoms with van der Waals surface area (Å²) in [6.45, 7) is 1.29. The van der Waals surface area contributed by atoms with Gasteiger partial charge in [0, 0.05) is 5.56 Å². The SMILES string of the molecule is c1ccc2c(c1)Cc1ccc3c(c1-2)OCCO3. The highest BCUT2D eigenvalue weighted by Crippen LogP contribution is 2.47. The van der Waals surface area contributed by atoms with Gasteiger partial charge >= 0.3 is 0 Å². The van der Waals surface area contributed by atoms with Gasteiger partial charge in [-0.25, -0.2) is 0 Å². The molecule has 0 unspecified atom stereocenters. The standard InChI is InChI=1S/C15H12O2/c1-2-4-12-10(3-1)9-11-5-6-13-15(14(11)12)17-8-7-16-13/h1-6H,7-9H2. The minimum Gasteiger partial charge on any atom is -0.486 e. The lowest BCUT2D eigenvalue weighted by Crippen LogP contribution is -2.16.